The number of imidazole rings is 1. The Kier molecular flexibility index (Phi) is 8.40. The first-order valence-electron chi connectivity index (χ1n) is 13.5. The van der Waals surface area contributed by atoms with Gasteiger partial charge >= 0.3 is 0 Å². The maximum absolute atomic E-state index is 6.91. The molecule has 0 radical (unpaired) electrons. The summed E-state index contributed by atoms with van der Waals surface area (Å²) in [6.07, 6.45) is 2.23. The summed E-state index contributed by atoms with van der Waals surface area (Å²) in [6.45, 7) is 10.1. The fourth-order valence-corrected chi connectivity index (χ4v) is 5.67. The van der Waals surface area contributed by atoms with Crippen molar-refractivity contribution in [3.63, 3.8) is 0 Å². The standard InChI is InChI=1S/C32H37ClN4/c1-3-4-19-37-30(31(33)34-32(37)28-18-12-11-13-25(28)2)24-36-21-20-35(22-26-14-7-5-8-15-26)23-29(36)27-16-9-6-10-17-27/h5-18,29H,3-4,19-24H2,1-2H3/t29-/m0/s1. The molecule has 1 aliphatic heterocycles. The average Bonchev–Trinajstić information content (AvgIpc) is 3.24. The highest BCUT2D eigenvalue weighted by molar-refractivity contribution is 6.30. The lowest BCUT2D eigenvalue weighted by atomic mass is 10.0. The molecule has 3 aromatic carbocycles. The molecule has 192 valence electrons. The third-order valence-electron chi connectivity index (χ3n) is 7.51. The molecule has 0 bridgehead atoms. The van der Waals surface area contributed by atoms with Crippen LogP contribution in [-0.4, -0.2) is 39.0 Å². The van der Waals surface area contributed by atoms with Gasteiger partial charge in [0.2, 0.25) is 0 Å². The molecule has 0 saturated carbocycles. The summed E-state index contributed by atoms with van der Waals surface area (Å²) >= 11 is 6.91. The van der Waals surface area contributed by atoms with Crippen molar-refractivity contribution < 1.29 is 0 Å². The molecule has 0 unspecified atom stereocenters. The number of benzene rings is 3. The summed E-state index contributed by atoms with van der Waals surface area (Å²) in [7, 11) is 0. The van der Waals surface area contributed by atoms with Gasteiger partial charge in [0.05, 0.1) is 5.69 Å². The van der Waals surface area contributed by atoms with Crippen molar-refractivity contribution in [2.75, 3.05) is 19.6 Å². The van der Waals surface area contributed by atoms with E-state index in [1.165, 1.54) is 22.3 Å². The zero-order valence-corrected chi connectivity index (χ0v) is 22.7. The van der Waals surface area contributed by atoms with E-state index in [9.17, 15) is 0 Å². The van der Waals surface area contributed by atoms with Crippen molar-refractivity contribution in [1.82, 2.24) is 19.4 Å². The summed E-state index contributed by atoms with van der Waals surface area (Å²) in [5.74, 6) is 0.991. The van der Waals surface area contributed by atoms with Crippen LogP contribution >= 0.6 is 11.6 Å². The minimum Gasteiger partial charge on any atom is -0.325 e. The quantitative estimate of drug-likeness (QED) is 0.234. The van der Waals surface area contributed by atoms with Gasteiger partial charge in [-0.05, 0) is 30.0 Å². The first-order valence-corrected chi connectivity index (χ1v) is 13.9. The Labute approximate surface area is 226 Å². The molecule has 0 spiro atoms. The number of aryl methyl sites for hydroxylation is 1. The molecular formula is C32H37ClN4. The molecule has 4 aromatic rings. The van der Waals surface area contributed by atoms with E-state index in [1.54, 1.807) is 0 Å². The molecule has 1 saturated heterocycles. The fourth-order valence-electron chi connectivity index (χ4n) is 5.43. The van der Waals surface area contributed by atoms with Crippen LogP contribution in [0.1, 0.15) is 48.2 Å². The maximum Gasteiger partial charge on any atom is 0.152 e. The van der Waals surface area contributed by atoms with Crippen molar-refractivity contribution in [2.45, 2.75) is 52.4 Å². The van der Waals surface area contributed by atoms with Gasteiger partial charge in [-0.15, -0.1) is 0 Å². The minimum absolute atomic E-state index is 0.297. The maximum atomic E-state index is 6.91. The van der Waals surface area contributed by atoms with E-state index < -0.39 is 0 Å². The minimum atomic E-state index is 0.297. The van der Waals surface area contributed by atoms with E-state index in [0.717, 1.165) is 63.6 Å². The van der Waals surface area contributed by atoms with Gasteiger partial charge in [-0.25, -0.2) is 4.98 Å². The van der Waals surface area contributed by atoms with E-state index in [1.807, 2.05) is 0 Å². The number of hydrogen-bond donors (Lipinski definition) is 0. The number of nitrogens with zero attached hydrogens (tertiary/aromatic N) is 4. The first-order chi connectivity index (χ1) is 18.1. The Morgan fingerprint density at radius 2 is 1.57 bits per heavy atom. The highest BCUT2D eigenvalue weighted by Gasteiger charge is 2.30. The second-order valence-electron chi connectivity index (χ2n) is 10.1. The van der Waals surface area contributed by atoms with Crippen molar-refractivity contribution in [3.8, 4) is 11.4 Å². The summed E-state index contributed by atoms with van der Waals surface area (Å²) in [4.78, 5) is 10.1. The van der Waals surface area contributed by atoms with Crippen molar-refractivity contribution >= 4 is 11.6 Å². The third kappa shape index (κ3) is 5.98. The lowest BCUT2D eigenvalue weighted by molar-refractivity contribution is 0.0619. The monoisotopic (exact) mass is 512 g/mol. The zero-order chi connectivity index (χ0) is 25.6. The molecule has 1 atom stereocenters. The van der Waals surface area contributed by atoms with Crippen LogP contribution in [0, 0.1) is 6.92 Å². The predicted molar refractivity (Wildman–Crippen MR) is 154 cm³/mol. The van der Waals surface area contributed by atoms with Crippen molar-refractivity contribution in [2.24, 2.45) is 0 Å². The molecule has 5 rings (SSSR count). The SMILES string of the molecule is CCCCn1c(-c2ccccc2C)nc(Cl)c1CN1CCN(Cc2ccccc2)C[C@H]1c1ccccc1. The van der Waals surface area contributed by atoms with E-state index >= 15 is 0 Å². The molecule has 0 N–H and O–H groups in total. The molecule has 37 heavy (non-hydrogen) atoms. The van der Waals surface area contributed by atoms with Gasteiger partial charge in [-0.2, -0.15) is 0 Å². The van der Waals surface area contributed by atoms with Crippen LogP contribution in [0.3, 0.4) is 0 Å². The molecule has 4 nitrogen and oxygen atoms in total. The van der Waals surface area contributed by atoms with E-state index in [2.05, 4.69) is 113 Å². The number of aromatic nitrogens is 2. The van der Waals surface area contributed by atoms with Crippen molar-refractivity contribution in [1.29, 1.82) is 0 Å². The molecule has 0 amide bonds. The van der Waals surface area contributed by atoms with Gasteiger partial charge < -0.3 is 4.57 Å². The molecule has 1 aromatic heterocycles. The lowest BCUT2D eigenvalue weighted by Crippen LogP contribution is -2.47. The van der Waals surface area contributed by atoms with Gasteiger partial charge in [0.1, 0.15) is 5.82 Å². The Bertz CT molecular complexity index is 1280. The number of halogens is 1. The van der Waals surface area contributed by atoms with E-state index in [4.69, 9.17) is 16.6 Å². The fraction of sp³-hybridized carbons (Fsp3) is 0.344. The second kappa shape index (κ2) is 12.1. The predicted octanol–water partition coefficient (Wildman–Crippen LogP) is 7.37. The Morgan fingerprint density at radius 1 is 0.865 bits per heavy atom. The highest BCUT2D eigenvalue weighted by atomic mass is 35.5. The summed E-state index contributed by atoms with van der Waals surface area (Å²) in [5, 5.41) is 0.632. The molecular weight excluding hydrogens is 476 g/mol. The van der Waals surface area contributed by atoms with Crippen LogP contribution in [0.25, 0.3) is 11.4 Å². The Morgan fingerprint density at radius 3 is 2.30 bits per heavy atom. The smallest absolute Gasteiger partial charge is 0.152 e. The van der Waals surface area contributed by atoms with E-state index in [-0.39, 0.29) is 0 Å². The molecule has 0 aliphatic carbocycles. The van der Waals surface area contributed by atoms with Gasteiger partial charge in [0, 0.05) is 50.9 Å². The lowest BCUT2D eigenvalue weighted by Gasteiger charge is -2.42. The topological polar surface area (TPSA) is 24.3 Å². The van der Waals surface area contributed by atoms with Crippen LogP contribution < -0.4 is 0 Å². The Balaban J connectivity index is 1.45. The van der Waals surface area contributed by atoms with Gasteiger partial charge in [0.25, 0.3) is 0 Å². The van der Waals surface area contributed by atoms with Crippen LogP contribution in [-0.2, 0) is 19.6 Å². The summed E-state index contributed by atoms with van der Waals surface area (Å²) < 4.78 is 2.38. The number of piperazine rings is 1. The zero-order valence-electron chi connectivity index (χ0n) is 22.0. The number of unbranched alkanes of at least 4 members (excludes halogenated alkanes) is 1. The summed E-state index contributed by atoms with van der Waals surface area (Å²) in [5.41, 5.74) is 6.25. The molecule has 1 fully saturated rings. The van der Waals surface area contributed by atoms with Gasteiger partial charge in [-0.3, -0.25) is 9.80 Å². The number of hydrogen-bond acceptors (Lipinski definition) is 3. The van der Waals surface area contributed by atoms with E-state index in [0.29, 0.717) is 11.2 Å². The van der Waals surface area contributed by atoms with Crippen LogP contribution in [0.15, 0.2) is 84.9 Å². The average molecular weight is 513 g/mol. The van der Waals surface area contributed by atoms with Crippen LogP contribution in [0.4, 0.5) is 0 Å². The van der Waals surface area contributed by atoms with Crippen LogP contribution in [0.5, 0.6) is 0 Å². The summed E-state index contributed by atoms with van der Waals surface area (Å²) in [6, 6.07) is 30.5. The molecule has 1 aliphatic rings. The second-order valence-corrected chi connectivity index (χ2v) is 10.5. The van der Waals surface area contributed by atoms with Crippen LogP contribution in [0.2, 0.25) is 5.15 Å². The highest BCUT2D eigenvalue weighted by Crippen LogP contribution is 2.33. The normalized spacial score (nSPS) is 16.8. The third-order valence-corrected chi connectivity index (χ3v) is 7.81. The molecule has 5 heteroatoms. The first kappa shape index (κ1) is 25.7. The van der Waals surface area contributed by atoms with Crippen molar-refractivity contribution in [3.05, 3.63) is 112 Å². The molecule has 2 heterocycles. The Hall–Kier alpha value is -2.92. The van der Waals surface area contributed by atoms with Gasteiger partial charge in [0.15, 0.2) is 5.15 Å². The number of rotatable bonds is 9. The largest absolute Gasteiger partial charge is 0.325 e. The van der Waals surface area contributed by atoms with Gasteiger partial charge in [-0.1, -0.05) is 110 Å².